The molecule has 2 rings (SSSR count). The molecule has 1 aliphatic heterocycles. The van der Waals surface area contributed by atoms with Gasteiger partial charge in [-0.05, 0) is 38.5 Å². The van der Waals surface area contributed by atoms with Gasteiger partial charge in [-0.1, -0.05) is 0 Å². The Morgan fingerprint density at radius 2 is 2.31 bits per heavy atom. The van der Waals surface area contributed by atoms with Gasteiger partial charge in [0.25, 0.3) is 0 Å². The molecule has 0 bridgehead atoms. The number of rotatable bonds is 3. The average molecular weight is 200 g/mol. The molecular weight excluding hydrogens is 180 g/mol. The van der Waals surface area contributed by atoms with E-state index in [2.05, 4.69) is 11.2 Å². The smallest absolute Gasteiger partial charge is 0.0333 e. The van der Waals surface area contributed by atoms with Gasteiger partial charge in [0, 0.05) is 23.9 Å². The molecule has 0 aromatic heterocycles. The van der Waals surface area contributed by atoms with Crippen LogP contribution in [0.25, 0.3) is 0 Å². The molecule has 0 amide bonds. The fraction of sp³-hybridized carbons (Fsp3) is 1.00. The van der Waals surface area contributed by atoms with Crippen molar-refractivity contribution >= 4 is 11.8 Å². The molecule has 1 saturated carbocycles. The van der Waals surface area contributed by atoms with E-state index in [4.69, 9.17) is 5.73 Å². The fourth-order valence-electron chi connectivity index (χ4n) is 2.36. The monoisotopic (exact) mass is 200 g/mol. The van der Waals surface area contributed by atoms with Gasteiger partial charge in [0.15, 0.2) is 0 Å². The van der Waals surface area contributed by atoms with Gasteiger partial charge in [-0.3, -0.25) is 4.90 Å². The SMILES string of the molecule is CSC1CCCN(C2(CN)CC2)C1. The summed E-state index contributed by atoms with van der Waals surface area (Å²) in [5.74, 6) is 0. The Morgan fingerprint density at radius 3 is 2.85 bits per heavy atom. The summed E-state index contributed by atoms with van der Waals surface area (Å²) in [5.41, 5.74) is 6.28. The second-order valence-corrected chi connectivity index (χ2v) is 5.51. The summed E-state index contributed by atoms with van der Waals surface area (Å²) < 4.78 is 0. The first-order chi connectivity index (χ1) is 6.30. The molecule has 1 saturated heterocycles. The van der Waals surface area contributed by atoms with Gasteiger partial charge in [0.05, 0.1) is 0 Å². The number of likely N-dealkylation sites (tertiary alicyclic amines) is 1. The molecule has 76 valence electrons. The topological polar surface area (TPSA) is 29.3 Å². The third-order valence-electron chi connectivity index (χ3n) is 3.59. The van der Waals surface area contributed by atoms with Crippen molar-refractivity contribution in [2.45, 2.75) is 36.5 Å². The highest BCUT2D eigenvalue weighted by atomic mass is 32.2. The van der Waals surface area contributed by atoms with E-state index >= 15 is 0 Å². The molecule has 0 aromatic carbocycles. The van der Waals surface area contributed by atoms with E-state index in [-0.39, 0.29) is 0 Å². The van der Waals surface area contributed by atoms with Gasteiger partial charge in [0.1, 0.15) is 0 Å². The molecule has 2 N–H and O–H groups in total. The van der Waals surface area contributed by atoms with Crippen molar-refractivity contribution in [3.8, 4) is 0 Å². The maximum Gasteiger partial charge on any atom is 0.0333 e. The van der Waals surface area contributed by atoms with Gasteiger partial charge in [-0.25, -0.2) is 0 Å². The molecule has 0 aromatic rings. The Bertz CT molecular complexity index is 180. The molecule has 2 fully saturated rings. The Morgan fingerprint density at radius 1 is 1.54 bits per heavy atom. The van der Waals surface area contributed by atoms with Crippen molar-refractivity contribution in [3.05, 3.63) is 0 Å². The number of hydrogen-bond acceptors (Lipinski definition) is 3. The van der Waals surface area contributed by atoms with E-state index in [0.717, 1.165) is 11.8 Å². The molecule has 0 spiro atoms. The van der Waals surface area contributed by atoms with Crippen molar-refractivity contribution in [1.29, 1.82) is 0 Å². The maximum atomic E-state index is 5.84. The number of nitrogens with two attached hydrogens (primary N) is 1. The molecule has 1 atom stereocenters. The van der Waals surface area contributed by atoms with Crippen LogP contribution < -0.4 is 5.73 Å². The van der Waals surface area contributed by atoms with Gasteiger partial charge in [-0.2, -0.15) is 11.8 Å². The lowest BCUT2D eigenvalue weighted by atomic mass is 10.1. The Balaban J connectivity index is 1.92. The molecule has 1 unspecified atom stereocenters. The Labute approximate surface area is 85.2 Å². The van der Waals surface area contributed by atoms with E-state index < -0.39 is 0 Å². The quantitative estimate of drug-likeness (QED) is 0.745. The predicted octanol–water partition coefficient (Wildman–Crippen LogP) is 1.31. The molecule has 2 nitrogen and oxygen atoms in total. The molecule has 1 aliphatic carbocycles. The van der Waals surface area contributed by atoms with Gasteiger partial charge in [0.2, 0.25) is 0 Å². The standard InChI is InChI=1S/C10H20N2S/c1-13-9-3-2-6-12(7-9)10(8-11)4-5-10/h9H,2-8,11H2,1H3. The first-order valence-corrected chi connectivity index (χ1v) is 6.57. The number of piperidine rings is 1. The normalized spacial score (nSPS) is 33.2. The molecule has 2 aliphatic rings. The molecule has 1 heterocycles. The molecular formula is C10H20N2S. The fourth-order valence-corrected chi connectivity index (χ4v) is 3.09. The van der Waals surface area contributed by atoms with Crippen LogP contribution in [0.15, 0.2) is 0 Å². The highest BCUT2D eigenvalue weighted by molar-refractivity contribution is 7.99. The second-order valence-electron chi connectivity index (χ2n) is 4.37. The van der Waals surface area contributed by atoms with Crippen LogP contribution in [0.3, 0.4) is 0 Å². The second kappa shape index (κ2) is 3.79. The Hall–Kier alpha value is 0.270. The van der Waals surface area contributed by atoms with Crippen LogP contribution in [0.4, 0.5) is 0 Å². The van der Waals surface area contributed by atoms with Crippen molar-refractivity contribution in [2.75, 3.05) is 25.9 Å². The maximum absolute atomic E-state index is 5.84. The number of nitrogens with zero attached hydrogens (tertiary/aromatic N) is 1. The zero-order valence-electron chi connectivity index (χ0n) is 8.46. The third kappa shape index (κ3) is 1.88. The lowest BCUT2D eigenvalue weighted by Gasteiger charge is -2.37. The van der Waals surface area contributed by atoms with E-state index in [1.807, 2.05) is 11.8 Å². The van der Waals surface area contributed by atoms with Crippen LogP contribution in [-0.4, -0.2) is 41.6 Å². The summed E-state index contributed by atoms with van der Waals surface area (Å²) in [6, 6.07) is 0. The predicted molar refractivity (Wildman–Crippen MR) is 59.1 cm³/mol. The summed E-state index contributed by atoms with van der Waals surface area (Å²) in [7, 11) is 0. The first kappa shape index (κ1) is 9.81. The lowest BCUT2D eigenvalue weighted by molar-refractivity contribution is 0.154. The van der Waals surface area contributed by atoms with Crippen LogP contribution in [-0.2, 0) is 0 Å². The van der Waals surface area contributed by atoms with Crippen molar-refractivity contribution in [2.24, 2.45) is 5.73 Å². The molecule has 3 heteroatoms. The Kier molecular flexibility index (Phi) is 2.86. The van der Waals surface area contributed by atoms with Crippen LogP contribution >= 0.6 is 11.8 Å². The minimum absolute atomic E-state index is 0.439. The van der Waals surface area contributed by atoms with Crippen LogP contribution in [0.5, 0.6) is 0 Å². The highest BCUT2D eigenvalue weighted by Crippen LogP contribution is 2.42. The number of thioether (sulfide) groups is 1. The minimum Gasteiger partial charge on any atom is -0.329 e. The van der Waals surface area contributed by atoms with Crippen molar-refractivity contribution < 1.29 is 0 Å². The summed E-state index contributed by atoms with van der Waals surface area (Å²) in [5, 5.41) is 0.859. The highest BCUT2D eigenvalue weighted by Gasteiger charge is 2.47. The average Bonchev–Trinajstić information content (AvgIpc) is 2.99. The third-order valence-corrected chi connectivity index (χ3v) is 4.64. The zero-order chi connectivity index (χ0) is 9.31. The van der Waals surface area contributed by atoms with E-state index in [9.17, 15) is 0 Å². The van der Waals surface area contributed by atoms with Gasteiger partial charge < -0.3 is 5.73 Å². The van der Waals surface area contributed by atoms with E-state index in [0.29, 0.717) is 5.54 Å². The summed E-state index contributed by atoms with van der Waals surface area (Å²) in [6.45, 7) is 3.43. The number of hydrogen-bond donors (Lipinski definition) is 1. The van der Waals surface area contributed by atoms with Crippen LogP contribution in [0.1, 0.15) is 25.7 Å². The molecule has 0 radical (unpaired) electrons. The lowest BCUT2D eigenvalue weighted by Crippen LogP contribution is -2.48. The first-order valence-electron chi connectivity index (χ1n) is 5.29. The van der Waals surface area contributed by atoms with Crippen molar-refractivity contribution in [3.63, 3.8) is 0 Å². The summed E-state index contributed by atoms with van der Waals surface area (Å²) >= 11 is 2.02. The molecule has 13 heavy (non-hydrogen) atoms. The summed E-state index contributed by atoms with van der Waals surface area (Å²) in [6.07, 6.45) is 7.68. The van der Waals surface area contributed by atoms with Crippen LogP contribution in [0, 0.1) is 0 Å². The minimum atomic E-state index is 0.439. The van der Waals surface area contributed by atoms with E-state index in [1.165, 1.54) is 38.8 Å². The largest absolute Gasteiger partial charge is 0.329 e. The summed E-state index contributed by atoms with van der Waals surface area (Å²) in [4.78, 5) is 2.65. The van der Waals surface area contributed by atoms with E-state index in [1.54, 1.807) is 0 Å². The zero-order valence-corrected chi connectivity index (χ0v) is 9.28. The van der Waals surface area contributed by atoms with Crippen molar-refractivity contribution in [1.82, 2.24) is 4.90 Å². The van der Waals surface area contributed by atoms with Gasteiger partial charge >= 0.3 is 0 Å². The van der Waals surface area contributed by atoms with Crippen LogP contribution in [0.2, 0.25) is 0 Å². The van der Waals surface area contributed by atoms with Gasteiger partial charge in [-0.15, -0.1) is 0 Å².